The van der Waals surface area contributed by atoms with Crippen LogP contribution >= 0.6 is 0 Å². The Hall–Kier alpha value is -1.84. The van der Waals surface area contributed by atoms with E-state index in [1.165, 1.54) is 12.1 Å². The van der Waals surface area contributed by atoms with Gasteiger partial charge in [0.05, 0.1) is 17.7 Å². The van der Waals surface area contributed by atoms with E-state index in [-0.39, 0.29) is 5.82 Å². The molecule has 0 aliphatic rings. The average molecular weight is 191 g/mol. The number of nitrogens with one attached hydrogen (secondary N) is 1. The van der Waals surface area contributed by atoms with Gasteiger partial charge in [0.1, 0.15) is 5.82 Å². The largest absolute Gasteiger partial charge is 0.386 e. The molecule has 0 radical (unpaired) electrons. The maximum Gasteiger partial charge on any atom is 0.125 e. The molecule has 0 saturated carbocycles. The molecule has 0 unspecified atom stereocenters. The number of benzene rings is 1. The van der Waals surface area contributed by atoms with Crippen molar-refractivity contribution in [3.05, 3.63) is 42.7 Å². The van der Waals surface area contributed by atoms with Crippen LogP contribution in [-0.4, -0.2) is 16.6 Å². The monoisotopic (exact) mass is 191 g/mol. The van der Waals surface area contributed by atoms with Crippen LogP contribution in [0, 0.1) is 5.82 Å². The van der Waals surface area contributed by atoms with Crippen LogP contribution in [-0.2, 0) is 0 Å². The van der Waals surface area contributed by atoms with Crippen molar-refractivity contribution in [2.24, 2.45) is 0 Å². The summed E-state index contributed by atoms with van der Waals surface area (Å²) >= 11 is 0. The van der Waals surface area contributed by atoms with Crippen molar-refractivity contribution in [2.45, 2.75) is 0 Å². The molecule has 0 atom stereocenters. The topological polar surface area (TPSA) is 29.9 Å². The van der Waals surface area contributed by atoms with E-state index >= 15 is 0 Å². The fourth-order valence-electron chi connectivity index (χ4n) is 1.33. The minimum atomic E-state index is -0.257. The summed E-state index contributed by atoms with van der Waals surface area (Å²) in [6.07, 6.45) is 5.07. The Labute approximate surface area is 81.2 Å². The van der Waals surface area contributed by atoms with Crippen LogP contribution < -0.4 is 5.32 Å². The first-order chi connectivity index (χ1) is 6.81. The van der Waals surface area contributed by atoms with Crippen LogP contribution in [0.15, 0.2) is 36.9 Å². The van der Waals surface area contributed by atoms with E-state index in [0.29, 0.717) is 0 Å². The Bertz CT molecular complexity index is 423. The van der Waals surface area contributed by atoms with Gasteiger partial charge in [-0.2, -0.15) is 0 Å². The Morgan fingerprint density at radius 1 is 1.43 bits per heavy atom. The quantitative estimate of drug-likeness (QED) is 0.787. The van der Waals surface area contributed by atoms with Gasteiger partial charge in [0.2, 0.25) is 0 Å². The number of nitrogens with zero attached hydrogens (tertiary/aromatic N) is 2. The Kier molecular flexibility index (Phi) is 2.18. The molecule has 0 aliphatic heterocycles. The van der Waals surface area contributed by atoms with Gasteiger partial charge >= 0.3 is 0 Å². The Morgan fingerprint density at radius 2 is 2.29 bits per heavy atom. The fraction of sp³-hybridized carbons (Fsp3) is 0.100. The minimum Gasteiger partial charge on any atom is -0.386 e. The SMILES string of the molecule is CNc1ccc(F)cc1-n1ccnc1. The zero-order valence-electron chi connectivity index (χ0n) is 7.74. The van der Waals surface area contributed by atoms with Crippen LogP contribution in [0.5, 0.6) is 0 Å². The lowest BCUT2D eigenvalue weighted by Gasteiger charge is -2.09. The summed E-state index contributed by atoms with van der Waals surface area (Å²) in [5, 5.41) is 3.00. The van der Waals surface area contributed by atoms with Crippen molar-refractivity contribution < 1.29 is 4.39 Å². The third kappa shape index (κ3) is 1.46. The molecule has 0 bridgehead atoms. The van der Waals surface area contributed by atoms with Gasteiger partial charge in [-0.1, -0.05) is 0 Å². The summed E-state index contributed by atoms with van der Waals surface area (Å²) in [6.45, 7) is 0. The number of halogens is 1. The predicted molar refractivity (Wildman–Crippen MR) is 53.1 cm³/mol. The van der Waals surface area contributed by atoms with Gasteiger partial charge < -0.3 is 9.88 Å². The van der Waals surface area contributed by atoms with Gasteiger partial charge in [0.25, 0.3) is 0 Å². The molecule has 0 spiro atoms. The summed E-state index contributed by atoms with van der Waals surface area (Å²) < 4.78 is 14.8. The van der Waals surface area contributed by atoms with E-state index in [2.05, 4.69) is 10.3 Å². The average Bonchev–Trinajstić information content (AvgIpc) is 2.70. The number of hydrogen-bond acceptors (Lipinski definition) is 2. The molecule has 0 aliphatic carbocycles. The molecule has 0 amide bonds. The molecule has 14 heavy (non-hydrogen) atoms. The lowest BCUT2D eigenvalue weighted by Crippen LogP contribution is -1.98. The Balaban J connectivity index is 2.55. The first-order valence-corrected chi connectivity index (χ1v) is 4.27. The van der Waals surface area contributed by atoms with E-state index < -0.39 is 0 Å². The van der Waals surface area contributed by atoms with Gasteiger partial charge in [0.15, 0.2) is 0 Å². The number of rotatable bonds is 2. The third-order valence-electron chi connectivity index (χ3n) is 2.01. The summed E-state index contributed by atoms with van der Waals surface area (Å²) in [5.41, 5.74) is 1.62. The molecule has 72 valence electrons. The van der Waals surface area contributed by atoms with Crippen molar-refractivity contribution >= 4 is 5.69 Å². The summed E-state index contributed by atoms with van der Waals surface area (Å²) in [6, 6.07) is 4.59. The molecule has 0 saturated heterocycles. The predicted octanol–water partition coefficient (Wildman–Crippen LogP) is 2.05. The molecule has 0 fully saturated rings. The highest BCUT2D eigenvalue weighted by molar-refractivity contribution is 5.60. The molecule has 1 N–H and O–H groups in total. The zero-order chi connectivity index (χ0) is 9.97. The second-order valence-corrected chi connectivity index (χ2v) is 2.88. The second-order valence-electron chi connectivity index (χ2n) is 2.88. The molecule has 1 aromatic carbocycles. The van der Waals surface area contributed by atoms with Crippen LogP contribution in [0.2, 0.25) is 0 Å². The minimum absolute atomic E-state index is 0.257. The molecule has 4 heteroatoms. The normalized spacial score (nSPS) is 10.1. The van der Waals surface area contributed by atoms with Crippen molar-refractivity contribution in [1.82, 2.24) is 9.55 Å². The lowest BCUT2D eigenvalue weighted by atomic mass is 10.2. The third-order valence-corrected chi connectivity index (χ3v) is 2.01. The van der Waals surface area contributed by atoms with Crippen molar-refractivity contribution in [3.8, 4) is 5.69 Å². The van der Waals surface area contributed by atoms with Gasteiger partial charge in [-0.25, -0.2) is 9.37 Å². The number of anilines is 1. The Morgan fingerprint density at radius 3 is 2.93 bits per heavy atom. The molecule has 3 nitrogen and oxygen atoms in total. The summed E-state index contributed by atoms with van der Waals surface area (Å²) in [4.78, 5) is 3.92. The number of aromatic nitrogens is 2. The molecule has 1 heterocycles. The van der Waals surface area contributed by atoms with Crippen LogP contribution in [0.25, 0.3) is 5.69 Å². The second kappa shape index (κ2) is 3.49. The highest BCUT2D eigenvalue weighted by Gasteiger charge is 2.03. The molecule has 1 aromatic heterocycles. The highest BCUT2D eigenvalue weighted by Crippen LogP contribution is 2.20. The van der Waals surface area contributed by atoms with Gasteiger partial charge in [0, 0.05) is 19.4 Å². The smallest absolute Gasteiger partial charge is 0.125 e. The maximum absolute atomic E-state index is 13.0. The molecule has 2 aromatic rings. The highest BCUT2D eigenvalue weighted by atomic mass is 19.1. The molecular weight excluding hydrogens is 181 g/mol. The molecular formula is C10H10FN3. The van der Waals surface area contributed by atoms with E-state index in [0.717, 1.165) is 11.4 Å². The van der Waals surface area contributed by atoms with Crippen molar-refractivity contribution in [2.75, 3.05) is 12.4 Å². The van der Waals surface area contributed by atoms with Gasteiger partial charge in [-0.3, -0.25) is 0 Å². The maximum atomic E-state index is 13.0. The number of imidazole rings is 1. The lowest BCUT2D eigenvalue weighted by molar-refractivity contribution is 0.627. The van der Waals surface area contributed by atoms with Crippen LogP contribution in [0.3, 0.4) is 0 Å². The van der Waals surface area contributed by atoms with E-state index in [4.69, 9.17) is 0 Å². The standard InChI is InChI=1S/C10H10FN3/c1-12-9-3-2-8(11)6-10(9)14-5-4-13-7-14/h2-7,12H,1H3. The van der Waals surface area contributed by atoms with Crippen molar-refractivity contribution in [1.29, 1.82) is 0 Å². The number of hydrogen-bond donors (Lipinski definition) is 1. The van der Waals surface area contributed by atoms with Gasteiger partial charge in [-0.15, -0.1) is 0 Å². The van der Waals surface area contributed by atoms with Crippen molar-refractivity contribution in [3.63, 3.8) is 0 Å². The van der Waals surface area contributed by atoms with E-state index in [1.54, 1.807) is 36.4 Å². The summed E-state index contributed by atoms with van der Waals surface area (Å²) in [7, 11) is 1.80. The molecule has 2 rings (SSSR count). The van der Waals surface area contributed by atoms with Crippen LogP contribution in [0.1, 0.15) is 0 Å². The van der Waals surface area contributed by atoms with E-state index in [9.17, 15) is 4.39 Å². The summed E-state index contributed by atoms with van der Waals surface area (Å²) in [5.74, 6) is -0.257. The fourth-order valence-corrected chi connectivity index (χ4v) is 1.33. The first-order valence-electron chi connectivity index (χ1n) is 4.27. The van der Waals surface area contributed by atoms with Crippen LogP contribution in [0.4, 0.5) is 10.1 Å². The van der Waals surface area contributed by atoms with Gasteiger partial charge in [-0.05, 0) is 18.2 Å². The zero-order valence-corrected chi connectivity index (χ0v) is 7.74. The first kappa shape index (κ1) is 8.74. The van der Waals surface area contributed by atoms with E-state index in [1.807, 2.05) is 0 Å².